The highest BCUT2D eigenvalue weighted by molar-refractivity contribution is 5.76. The minimum absolute atomic E-state index is 0.275. The molecule has 2 N–H and O–H groups in total. The monoisotopic (exact) mass is 388 g/mol. The maximum Gasteiger partial charge on any atom is 0.231 e. The summed E-state index contributed by atoms with van der Waals surface area (Å²) >= 11 is 0. The summed E-state index contributed by atoms with van der Waals surface area (Å²) in [5.74, 6) is 1.98. The van der Waals surface area contributed by atoms with Crippen molar-refractivity contribution in [3.8, 4) is 11.5 Å². The molecule has 0 bridgehead atoms. The molecule has 154 valence electrons. The third-order valence-electron chi connectivity index (χ3n) is 6.11. The third-order valence-corrected chi connectivity index (χ3v) is 6.11. The number of nitrogens with two attached hydrogens (primary N) is 1. The highest BCUT2D eigenvalue weighted by atomic mass is 16.7. The number of piperidine rings is 1. The summed E-state index contributed by atoms with van der Waals surface area (Å²) in [5.41, 5.74) is 6.82. The molecule has 0 radical (unpaired) electrons. The molecule has 3 aliphatic heterocycles. The zero-order chi connectivity index (χ0) is 19.3. The molecular formula is C21H32N4O3. The lowest BCUT2D eigenvalue weighted by Gasteiger charge is -2.43. The Morgan fingerprint density at radius 3 is 2.75 bits per heavy atom. The number of hydrogen-bond acceptors (Lipinski definition) is 6. The summed E-state index contributed by atoms with van der Waals surface area (Å²) < 4.78 is 10.9. The number of hydrogen-bond donors (Lipinski definition) is 1. The minimum Gasteiger partial charge on any atom is -0.454 e. The Labute approximate surface area is 167 Å². The Balaban J connectivity index is 1.25. The van der Waals surface area contributed by atoms with Crippen molar-refractivity contribution in [2.24, 2.45) is 5.73 Å². The van der Waals surface area contributed by atoms with E-state index in [1.165, 1.54) is 12.0 Å². The van der Waals surface area contributed by atoms with Crippen molar-refractivity contribution >= 4 is 5.91 Å². The number of benzene rings is 1. The van der Waals surface area contributed by atoms with Crippen LogP contribution in [-0.4, -0.2) is 79.3 Å². The van der Waals surface area contributed by atoms with Crippen LogP contribution in [0.2, 0.25) is 0 Å². The van der Waals surface area contributed by atoms with E-state index in [1.54, 1.807) is 0 Å². The number of nitrogens with zero attached hydrogens (tertiary/aromatic N) is 3. The van der Waals surface area contributed by atoms with E-state index >= 15 is 0 Å². The smallest absolute Gasteiger partial charge is 0.231 e. The SMILES string of the molecule is NCCCC(=O)N1CCCC(N2CCN(Cc3ccc4c(c3)OCO4)CC2)C1. The average molecular weight is 389 g/mol. The topological polar surface area (TPSA) is 71.3 Å². The van der Waals surface area contributed by atoms with Crippen molar-refractivity contribution in [1.29, 1.82) is 0 Å². The summed E-state index contributed by atoms with van der Waals surface area (Å²) in [6.45, 7) is 7.91. The van der Waals surface area contributed by atoms with Crippen LogP contribution in [-0.2, 0) is 11.3 Å². The van der Waals surface area contributed by atoms with Crippen LogP contribution in [0.25, 0.3) is 0 Å². The molecule has 28 heavy (non-hydrogen) atoms. The second kappa shape index (κ2) is 9.11. The Bertz CT molecular complexity index is 676. The quantitative estimate of drug-likeness (QED) is 0.791. The van der Waals surface area contributed by atoms with Crippen LogP contribution in [0.3, 0.4) is 0 Å². The van der Waals surface area contributed by atoms with Crippen LogP contribution in [0.1, 0.15) is 31.2 Å². The first-order valence-corrected chi connectivity index (χ1v) is 10.6. The van der Waals surface area contributed by atoms with Crippen LogP contribution >= 0.6 is 0 Å². The van der Waals surface area contributed by atoms with Crippen molar-refractivity contribution in [2.75, 3.05) is 52.6 Å². The summed E-state index contributed by atoms with van der Waals surface area (Å²) in [4.78, 5) is 19.5. The first kappa shape index (κ1) is 19.5. The predicted octanol–water partition coefficient (Wildman–Crippen LogP) is 1.26. The fourth-order valence-electron chi connectivity index (χ4n) is 4.47. The number of fused-ring (bicyclic) bond motifs is 1. The first-order valence-electron chi connectivity index (χ1n) is 10.6. The molecule has 1 unspecified atom stereocenters. The van der Waals surface area contributed by atoms with Gasteiger partial charge in [0, 0.05) is 58.3 Å². The molecule has 0 saturated carbocycles. The summed E-state index contributed by atoms with van der Waals surface area (Å²) in [7, 11) is 0. The lowest BCUT2D eigenvalue weighted by Crippen LogP contribution is -2.55. The van der Waals surface area contributed by atoms with Crippen molar-refractivity contribution < 1.29 is 14.3 Å². The van der Waals surface area contributed by atoms with E-state index in [9.17, 15) is 4.79 Å². The Hall–Kier alpha value is -1.83. The predicted molar refractivity (Wildman–Crippen MR) is 107 cm³/mol. The van der Waals surface area contributed by atoms with Gasteiger partial charge in [0.05, 0.1) is 0 Å². The minimum atomic E-state index is 0.275. The molecule has 7 nitrogen and oxygen atoms in total. The maximum absolute atomic E-state index is 12.3. The summed E-state index contributed by atoms with van der Waals surface area (Å²) in [6, 6.07) is 6.74. The number of rotatable bonds is 6. The maximum atomic E-state index is 12.3. The van der Waals surface area contributed by atoms with E-state index in [0.717, 1.165) is 70.2 Å². The van der Waals surface area contributed by atoms with E-state index in [4.69, 9.17) is 15.2 Å². The number of ether oxygens (including phenoxy) is 2. The molecule has 4 rings (SSSR count). The molecule has 0 aromatic heterocycles. The van der Waals surface area contributed by atoms with Gasteiger partial charge in [-0.3, -0.25) is 14.6 Å². The van der Waals surface area contributed by atoms with Gasteiger partial charge in [-0.25, -0.2) is 0 Å². The number of carbonyl (C=O) groups is 1. The molecule has 3 heterocycles. The zero-order valence-corrected chi connectivity index (χ0v) is 16.6. The Morgan fingerprint density at radius 1 is 1.11 bits per heavy atom. The molecule has 7 heteroatoms. The standard InChI is InChI=1S/C21H32N4O3/c22-7-1-4-21(26)25-8-2-3-18(15-25)24-11-9-23(10-12-24)14-17-5-6-19-20(13-17)28-16-27-19/h5-6,13,18H,1-4,7-12,14-16,22H2. The van der Waals surface area contributed by atoms with Crippen molar-refractivity contribution in [1.82, 2.24) is 14.7 Å². The van der Waals surface area contributed by atoms with E-state index in [-0.39, 0.29) is 5.91 Å². The number of carbonyl (C=O) groups excluding carboxylic acids is 1. The van der Waals surface area contributed by atoms with Crippen LogP contribution < -0.4 is 15.2 Å². The highest BCUT2D eigenvalue weighted by Crippen LogP contribution is 2.33. The van der Waals surface area contributed by atoms with E-state index in [0.29, 0.717) is 25.8 Å². The van der Waals surface area contributed by atoms with Gasteiger partial charge in [0.1, 0.15) is 0 Å². The highest BCUT2D eigenvalue weighted by Gasteiger charge is 2.29. The van der Waals surface area contributed by atoms with Crippen LogP contribution in [0.5, 0.6) is 11.5 Å². The number of piperazine rings is 1. The molecule has 1 atom stereocenters. The van der Waals surface area contributed by atoms with Crippen LogP contribution in [0.15, 0.2) is 18.2 Å². The summed E-state index contributed by atoms with van der Waals surface area (Å²) in [6.07, 6.45) is 3.68. The van der Waals surface area contributed by atoms with E-state index in [2.05, 4.69) is 26.8 Å². The van der Waals surface area contributed by atoms with Crippen LogP contribution in [0.4, 0.5) is 0 Å². The zero-order valence-electron chi connectivity index (χ0n) is 16.6. The Kier molecular flexibility index (Phi) is 6.34. The van der Waals surface area contributed by atoms with Gasteiger partial charge in [-0.05, 0) is 43.5 Å². The molecule has 1 aromatic carbocycles. The molecule has 1 amide bonds. The fraction of sp³-hybridized carbons (Fsp3) is 0.667. The van der Waals surface area contributed by atoms with Gasteiger partial charge in [0.2, 0.25) is 12.7 Å². The molecule has 1 aromatic rings. The molecular weight excluding hydrogens is 356 g/mol. The largest absolute Gasteiger partial charge is 0.454 e. The third kappa shape index (κ3) is 4.59. The normalized spacial score (nSPS) is 23.2. The molecule has 2 fully saturated rings. The number of amides is 1. The van der Waals surface area contributed by atoms with Gasteiger partial charge < -0.3 is 20.1 Å². The van der Waals surface area contributed by atoms with Gasteiger partial charge >= 0.3 is 0 Å². The van der Waals surface area contributed by atoms with Crippen molar-refractivity contribution in [3.05, 3.63) is 23.8 Å². The Morgan fingerprint density at radius 2 is 1.93 bits per heavy atom. The lowest BCUT2D eigenvalue weighted by atomic mass is 10.0. The van der Waals surface area contributed by atoms with Gasteiger partial charge in [0.15, 0.2) is 11.5 Å². The van der Waals surface area contributed by atoms with E-state index < -0.39 is 0 Å². The molecule has 0 spiro atoms. The molecule has 0 aliphatic carbocycles. The van der Waals surface area contributed by atoms with Crippen LogP contribution in [0, 0.1) is 0 Å². The van der Waals surface area contributed by atoms with Crippen molar-refractivity contribution in [3.63, 3.8) is 0 Å². The first-order chi connectivity index (χ1) is 13.7. The average Bonchev–Trinajstić information content (AvgIpc) is 3.20. The van der Waals surface area contributed by atoms with E-state index in [1.807, 2.05) is 6.07 Å². The molecule has 3 aliphatic rings. The lowest BCUT2D eigenvalue weighted by molar-refractivity contribution is -0.133. The van der Waals surface area contributed by atoms with Gasteiger partial charge in [-0.1, -0.05) is 6.07 Å². The van der Waals surface area contributed by atoms with Gasteiger partial charge in [0.25, 0.3) is 0 Å². The fourth-order valence-corrected chi connectivity index (χ4v) is 4.47. The van der Waals surface area contributed by atoms with Crippen molar-refractivity contribution in [2.45, 2.75) is 38.3 Å². The van der Waals surface area contributed by atoms with Gasteiger partial charge in [-0.15, -0.1) is 0 Å². The second-order valence-corrected chi connectivity index (χ2v) is 8.03. The molecule has 2 saturated heterocycles. The summed E-state index contributed by atoms with van der Waals surface area (Å²) in [5, 5.41) is 0. The second-order valence-electron chi connectivity index (χ2n) is 8.03. The number of likely N-dealkylation sites (tertiary alicyclic amines) is 1. The van der Waals surface area contributed by atoms with Gasteiger partial charge in [-0.2, -0.15) is 0 Å².